The van der Waals surface area contributed by atoms with Crippen molar-refractivity contribution in [3.8, 4) is 0 Å². The monoisotopic (exact) mass is 198 g/mol. The summed E-state index contributed by atoms with van der Waals surface area (Å²) in [7, 11) is 0. The van der Waals surface area contributed by atoms with E-state index in [4.69, 9.17) is 5.11 Å². The number of hydrogen-bond donors (Lipinski definition) is 2. The van der Waals surface area contributed by atoms with E-state index in [2.05, 4.69) is 11.9 Å². The second kappa shape index (κ2) is 5.78. The van der Waals surface area contributed by atoms with Crippen LogP contribution in [-0.2, 0) is 6.54 Å². The van der Waals surface area contributed by atoms with E-state index in [9.17, 15) is 5.11 Å². The van der Waals surface area contributed by atoms with E-state index in [0.29, 0.717) is 18.7 Å². The summed E-state index contributed by atoms with van der Waals surface area (Å²) in [6.45, 7) is 3.08. The third-order valence-electron chi connectivity index (χ3n) is 2.15. The van der Waals surface area contributed by atoms with E-state index < -0.39 is 6.10 Å². The summed E-state index contributed by atoms with van der Waals surface area (Å²) in [5.41, 5.74) is 0. The van der Waals surface area contributed by atoms with Gasteiger partial charge >= 0.3 is 0 Å². The van der Waals surface area contributed by atoms with Crippen LogP contribution in [0.15, 0.2) is 12.4 Å². The van der Waals surface area contributed by atoms with Gasteiger partial charge in [-0.3, -0.25) is 0 Å². The van der Waals surface area contributed by atoms with Gasteiger partial charge in [-0.25, -0.2) is 4.98 Å². The average Bonchev–Trinajstić information content (AvgIpc) is 2.63. The summed E-state index contributed by atoms with van der Waals surface area (Å²) >= 11 is 0. The van der Waals surface area contributed by atoms with Gasteiger partial charge in [-0.05, 0) is 19.3 Å². The molecule has 0 aliphatic rings. The van der Waals surface area contributed by atoms with Crippen molar-refractivity contribution in [1.82, 2.24) is 9.55 Å². The lowest BCUT2D eigenvalue weighted by atomic mass is 10.2. The Morgan fingerprint density at radius 3 is 3.00 bits per heavy atom. The molecule has 0 bridgehead atoms. The fourth-order valence-electron chi connectivity index (χ4n) is 1.46. The molecule has 1 unspecified atom stereocenters. The molecule has 0 fully saturated rings. The van der Waals surface area contributed by atoms with Crippen LogP contribution in [0.3, 0.4) is 0 Å². The van der Waals surface area contributed by atoms with Crippen molar-refractivity contribution in [2.75, 3.05) is 6.61 Å². The van der Waals surface area contributed by atoms with Crippen LogP contribution in [0.1, 0.15) is 38.1 Å². The molecular formula is C10H18N2O2. The maximum absolute atomic E-state index is 9.75. The number of aryl methyl sites for hydroxylation is 1. The zero-order chi connectivity index (χ0) is 10.4. The first-order chi connectivity index (χ1) is 6.79. The standard InChI is InChI=1S/C10H18N2O2/c1-2-6-12-7-5-11-10(12)9(14)4-3-8-13/h5,7,9,13-14H,2-4,6,8H2,1H3. The predicted molar refractivity (Wildman–Crippen MR) is 53.8 cm³/mol. The highest BCUT2D eigenvalue weighted by Gasteiger charge is 2.12. The fraction of sp³-hybridized carbons (Fsp3) is 0.700. The van der Waals surface area contributed by atoms with Gasteiger partial charge in [0.15, 0.2) is 0 Å². The molecule has 14 heavy (non-hydrogen) atoms. The molecule has 80 valence electrons. The third-order valence-corrected chi connectivity index (χ3v) is 2.15. The van der Waals surface area contributed by atoms with Crippen LogP contribution in [0, 0.1) is 0 Å². The van der Waals surface area contributed by atoms with Crippen molar-refractivity contribution in [2.45, 2.75) is 38.8 Å². The van der Waals surface area contributed by atoms with Gasteiger partial charge in [0.2, 0.25) is 0 Å². The average molecular weight is 198 g/mol. The quantitative estimate of drug-likeness (QED) is 0.719. The van der Waals surface area contributed by atoms with Crippen LogP contribution in [-0.4, -0.2) is 26.4 Å². The molecule has 0 amide bonds. The van der Waals surface area contributed by atoms with Crippen molar-refractivity contribution >= 4 is 0 Å². The SMILES string of the molecule is CCCn1ccnc1C(O)CCCO. The van der Waals surface area contributed by atoms with E-state index in [1.54, 1.807) is 6.20 Å². The maximum atomic E-state index is 9.75. The predicted octanol–water partition coefficient (Wildman–Crippen LogP) is 1.10. The Labute approximate surface area is 84.2 Å². The van der Waals surface area contributed by atoms with Crippen LogP contribution in [0.25, 0.3) is 0 Å². The lowest BCUT2D eigenvalue weighted by molar-refractivity contribution is 0.139. The van der Waals surface area contributed by atoms with E-state index >= 15 is 0 Å². The molecule has 2 N–H and O–H groups in total. The molecule has 1 rings (SSSR count). The Kier molecular flexibility index (Phi) is 4.62. The number of aromatic nitrogens is 2. The second-order valence-electron chi connectivity index (χ2n) is 3.36. The number of nitrogens with zero attached hydrogens (tertiary/aromatic N) is 2. The van der Waals surface area contributed by atoms with Gasteiger partial charge in [-0.1, -0.05) is 6.92 Å². The third kappa shape index (κ3) is 2.82. The van der Waals surface area contributed by atoms with Crippen LogP contribution in [0.4, 0.5) is 0 Å². The maximum Gasteiger partial charge on any atom is 0.137 e. The molecule has 4 heteroatoms. The van der Waals surface area contributed by atoms with Crippen LogP contribution < -0.4 is 0 Å². The van der Waals surface area contributed by atoms with Crippen molar-refractivity contribution < 1.29 is 10.2 Å². The fourth-order valence-corrected chi connectivity index (χ4v) is 1.46. The molecule has 1 heterocycles. The van der Waals surface area contributed by atoms with Gasteiger partial charge in [-0.2, -0.15) is 0 Å². The number of imidazole rings is 1. The highest BCUT2D eigenvalue weighted by Crippen LogP contribution is 2.16. The van der Waals surface area contributed by atoms with Gasteiger partial charge < -0.3 is 14.8 Å². The minimum absolute atomic E-state index is 0.117. The Balaban J connectivity index is 2.58. The molecule has 0 radical (unpaired) electrons. The van der Waals surface area contributed by atoms with E-state index in [1.807, 2.05) is 10.8 Å². The van der Waals surface area contributed by atoms with Gasteiger partial charge in [-0.15, -0.1) is 0 Å². The van der Waals surface area contributed by atoms with E-state index in [1.165, 1.54) is 0 Å². The molecule has 0 aliphatic carbocycles. The van der Waals surface area contributed by atoms with E-state index in [0.717, 1.165) is 13.0 Å². The molecule has 0 aromatic carbocycles. The molecule has 0 aliphatic heterocycles. The molecule has 4 nitrogen and oxygen atoms in total. The summed E-state index contributed by atoms with van der Waals surface area (Å²) in [6, 6.07) is 0. The van der Waals surface area contributed by atoms with E-state index in [-0.39, 0.29) is 6.61 Å². The largest absolute Gasteiger partial charge is 0.396 e. The second-order valence-corrected chi connectivity index (χ2v) is 3.36. The molecule has 1 aromatic rings. The Morgan fingerprint density at radius 1 is 1.57 bits per heavy atom. The summed E-state index contributed by atoms with van der Waals surface area (Å²) in [6.07, 6.45) is 5.23. The molecule has 0 spiro atoms. The molecule has 1 atom stereocenters. The molecular weight excluding hydrogens is 180 g/mol. The van der Waals surface area contributed by atoms with Crippen molar-refractivity contribution in [2.24, 2.45) is 0 Å². The zero-order valence-corrected chi connectivity index (χ0v) is 8.56. The van der Waals surface area contributed by atoms with Crippen molar-refractivity contribution in [1.29, 1.82) is 0 Å². The lowest BCUT2D eigenvalue weighted by Gasteiger charge is -2.11. The summed E-state index contributed by atoms with van der Waals surface area (Å²) < 4.78 is 1.96. The molecule has 0 saturated heterocycles. The number of hydrogen-bond acceptors (Lipinski definition) is 3. The minimum Gasteiger partial charge on any atom is -0.396 e. The first-order valence-corrected chi connectivity index (χ1v) is 5.09. The smallest absolute Gasteiger partial charge is 0.137 e. The number of aliphatic hydroxyl groups excluding tert-OH is 2. The Hall–Kier alpha value is -0.870. The lowest BCUT2D eigenvalue weighted by Crippen LogP contribution is -2.09. The summed E-state index contributed by atoms with van der Waals surface area (Å²) in [5.74, 6) is 0.709. The van der Waals surface area contributed by atoms with Crippen LogP contribution >= 0.6 is 0 Å². The van der Waals surface area contributed by atoms with Gasteiger partial charge in [0.25, 0.3) is 0 Å². The number of aliphatic hydroxyl groups is 2. The Morgan fingerprint density at radius 2 is 2.36 bits per heavy atom. The van der Waals surface area contributed by atoms with Gasteiger partial charge in [0, 0.05) is 25.5 Å². The summed E-state index contributed by atoms with van der Waals surface area (Å²) in [4.78, 5) is 4.12. The highest BCUT2D eigenvalue weighted by atomic mass is 16.3. The first kappa shape index (κ1) is 11.2. The summed E-state index contributed by atoms with van der Waals surface area (Å²) in [5, 5.41) is 18.4. The van der Waals surface area contributed by atoms with Crippen LogP contribution in [0.5, 0.6) is 0 Å². The van der Waals surface area contributed by atoms with Gasteiger partial charge in [0.1, 0.15) is 11.9 Å². The zero-order valence-electron chi connectivity index (χ0n) is 8.56. The van der Waals surface area contributed by atoms with Crippen molar-refractivity contribution in [3.05, 3.63) is 18.2 Å². The topological polar surface area (TPSA) is 58.3 Å². The normalized spacial score (nSPS) is 13.1. The Bertz CT molecular complexity index is 260. The minimum atomic E-state index is -0.552. The molecule has 0 saturated carbocycles. The van der Waals surface area contributed by atoms with Crippen LogP contribution in [0.2, 0.25) is 0 Å². The number of rotatable bonds is 6. The van der Waals surface area contributed by atoms with Crippen molar-refractivity contribution in [3.63, 3.8) is 0 Å². The van der Waals surface area contributed by atoms with Gasteiger partial charge in [0.05, 0.1) is 0 Å². The highest BCUT2D eigenvalue weighted by molar-refractivity contribution is 4.96. The molecule has 1 aromatic heterocycles. The first-order valence-electron chi connectivity index (χ1n) is 5.09.